The number of amides is 1. The highest BCUT2D eigenvalue weighted by molar-refractivity contribution is 5.86. The summed E-state index contributed by atoms with van der Waals surface area (Å²) >= 11 is 0. The van der Waals surface area contributed by atoms with Crippen molar-refractivity contribution in [1.29, 1.82) is 0 Å². The fourth-order valence-electron chi connectivity index (χ4n) is 2.30. The molecule has 0 unspecified atom stereocenters. The molecule has 106 valence electrons. The van der Waals surface area contributed by atoms with Crippen molar-refractivity contribution in [3.05, 3.63) is 0 Å². The third kappa shape index (κ3) is 4.92. The zero-order chi connectivity index (χ0) is 13.4. The van der Waals surface area contributed by atoms with Gasteiger partial charge in [-0.15, -0.1) is 0 Å². The van der Waals surface area contributed by atoms with Gasteiger partial charge in [-0.3, -0.25) is 4.79 Å². The quantitative estimate of drug-likeness (QED) is 0.690. The highest BCUT2D eigenvalue weighted by atomic mass is 16.5. The van der Waals surface area contributed by atoms with E-state index < -0.39 is 5.54 Å². The van der Waals surface area contributed by atoms with Gasteiger partial charge in [0, 0.05) is 26.7 Å². The summed E-state index contributed by atoms with van der Waals surface area (Å²) < 4.78 is 5.00. The third-order valence-electron chi connectivity index (χ3n) is 3.65. The van der Waals surface area contributed by atoms with Gasteiger partial charge in [0.25, 0.3) is 0 Å². The van der Waals surface area contributed by atoms with Crippen molar-refractivity contribution < 1.29 is 9.53 Å². The summed E-state index contributed by atoms with van der Waals surface area (Å²) in [7, 11) is 3.71. The predicted octanol–water partition coefficient (Wildman–Crippen LogP) is 0.342. The minimum absolute atomic E-state index is 0.0161. The lowest BCUT2D eigenvalue weighted by molar-refractivity contribution is -0.127. The van der Waals surface area contributed by atoms with Crippen LogP contribution in [0, 0.1) is 0 Å². The van der Waals surface area contributed by atoms with Crippen molar-refractivity contribution in [3.63, 3.8) is 0 Å². The Morgan fingerprint density at radius 3 is 2.61 bits per heavy atom. The zero-order valence-electron chi connectivity index (χ0n) is 11.7. The molecular weight excluding hydrogens is 230 g/mol. The van der Waals surface area contributed by atoms with Gasteiger partial charge in [0.05, 0.1) is 12.1 Å². The van der Waals surface area contributed by atoms with Gasteiger partial charge in [0.15, 0.2) is 0 Å². The lowest BCUT2D eigenvalue weighted by Gasteiger charge is -2.32. The van der Waals surface area contributed by atoms with Gasteiger partial charge in [0.2, 0.25) is 5.91 Å². The summed E-state index contributed by atoms with van der Waals surface area (Å²) in [5.41, 5.74) is 5.53. The normalized spacial score (nSPS) is 18.9. The Hall–Kier alpha value is -0.650. The first-order valence-corrected chi connectivity index (χ1v) is 6.83. The Morgan fingerprint density at radius 2 is 2.00 bits per heavy atom. The Labute approximate surface area is 110 Å². The molecule has 0 radical (unpaired) electrons. The van der Waals surface area contributed by atoms with Crippen molar-refractivity contribution in [2.24, 2.45) is 5.73 Å². The second-order valence-corrected chi connectivity index (χ2v) is 5.27. The lowest BCUT2D eigenvalue weighted by Crippen LogP contribution is -2.55. The Balaban J connectivity index is 2.20. The predicted molar refractivity (Wildman–Crippen MR) is 72.4 cm³/mol. The molecule has 0 aromatic rings. The van der Waals surface area contributed by atoms with Gasteiger partial charge >= 0.3 is 0 Å². The molecule has 3 N–H and O–H groups in total. The van der Waals surface area contributed by atoms with Crippen molar-refractivity contribution in [3.8, 4) is 0 Å². The van der Waals surface area contributed by atoms with Crippen LogP contribution in [0.1, 0.15) is 32.1 Å². The Kier molecular flexibility index (Phi) is 6.60. The van der Waals surface area contributed by atoms with E-state index in [0.29, 0.717) is 13.2 Å². The van der Waals surface area contributed by atoms with Crippen LogP contribution in [-0.4, -0.2) is 56.7 Å². The average Bonchev–Trinajstić information content (AvgIpc) is 2.37. The van der Waals surface area contributed by atoms with Gasteiger partial charge in [-0.05, 0) is 19.9 Å². The summed E-state index contributed by atoms with van der Waals surface area (Å²) in [4.78, 5) is 14.2. The van der Waals surface area contributed by atoms with Gasteiger partial charge < -0.3 is 20.7 Å². The van der Waals surface area contributed by atoms with Gasteiger partial charge in [-0.2, -0.15) is 0 Å². The van der Waals surface area contributed by atoms with Crippen LogP contribution in [0.2, 0.25) is 0 Å². The summed E-state index contributed by atoms with van der Waals surface area (Å²) in [5, 5.41) is 2.95. The fourth-order valence-corrected chi connectivity index (χ4v) is 2.30. The monoisotopic (exact) mass is 257 g/mol. The second-order valence-electron chi connectivity index (χ2n) is 5.27. The molecule has 1 aliphatic carbocycles. The number of likely N-dealkylation sites (N-methyl/N-ethyl adjacent to an activating group) is 1. The smallest absolute Gasteiger partial charge is 0.240 e. The number of ether oxygens (including phenoxy) is 1. The lowest BCUT2D eigenvalue weighted by atomic mass is 9.82. The molecule has 0 saturated heterocycles. The van der Waals surface area contributed by atoms with E-state index in [1.165, 1.54) is 6.42 Å². The van der Waals surface area contributed by atoms with Gasteiger partial charge in [-0.25, -0.2) is 0 Å². The number of hydrogen-bond acceptors (Lipinski definition) is 4. The van der Waals surface area contributed by atoms with E-state index >= 15 is 0 Å². The average molecular weight is 257 g/mol. The SMILES string of the molecule is COCCN(C)CCNC(=O)C1(N)CCCCC1. The van der Waals surface area contributed by atoms with E-state index in [1.54, 1.807) is 7.11 Å². The van der Waals surface area contributed by atoms with Crippen molar-refractivity contribution in [2.75, 3.05) is 40.4 Å². The number of methoxy groups -OCH3 is 1. The maximum atomic E-state index is 12.0. The van der Waals surface area contributed by atoms with Crippen molar-refractivity contribution in [1.82, 2.24) is 10.2 Å². The topological polar surface area (TPSA) is 67.6 Å². The van der Waals surface area contributed by atoms with Crippen LogP contribution in [0.25, 0.3) is 0 Å². The molecule has 1 amide bonds. The van der Waals surface area contributed by atoms with E-state index in [0.717, 1.165) is 38.8 Å². The van der Waals surface area contributed by atoms with Crippen LogP contribution in [0.3, 0.4) is 0 Å². The van der Waals surface area contributed by atoms with Gasteiger partial charge in [0.1, 0.15) is 0 Å². The number of rotatable bonds is 7. The summed E-state index contributed by atoms with van der Waals surface area (Å²) in [6.45, 7) is 3.06. The first-order valence-electron chi connectivity index (χ1n) is 6.83. The standard InChI is InChI=1S/C13H27N3O2/c1-16(10-11-18-2)9-8-15-12(17)13(14)6-4-3-5-7-13/h3-11,14H2,1-2H3,(H,15,17). The number of carbonyl (C=O) groups excluding carboxylic acids is 1. The molecule has 1 fully saturated rings. The molecular formula is C13H27N3O2. The molecule has 18 heavy (non-hydrogen) atoms. The molecule has 0 heterocycles. The van der Waals surface area contributed by atoms with E-state index in [2.05, 4.69) is 10.2 Å². The molecule has 0 aliphatic heterocycles. The highest BCUT2D eigenvalue weighted by Gasteiger charge is 2.34. The molecule has 1 saturated carbocycles. The molecule has 1 rings (SSSR count). The largest absolute Gasteiger partial charge is 0.383 e. The van der Waals surface area contributed by atoms with Gasteiger partial charge in [-0.1, -0.05) is 19.3 Å². The summed E-state index contributed by atoms with van der Waals surface area (Å²) in [6.07, 6.45) is 4.97. The first kappa shape index (κ1) is 15.4. The third-order valence-corrected chi connectivity index (χ3v) is 3.65. The van der Waals surface area contributed by atoms with E-state index in [-0.39, 0.29) is 5.91 Å². The Bertz CT molecular complexity index is 253. The second kappa shape index (κ2) is 7.71. The molecule has 0 bridgehead atoms. The van der Waals surface area contributed by atoms with Crippen LogP contribution in [0.5, 0.6) is 0 Å². The molecule has 0 spiro atoms. The zero-order valence-corrected chi connectivity index (χ0v) is 11.7. The minimum Gasteiger partial charge on any atom is -0.383 e. The number of nitrogens with two attached hydrogens (primary N) is 1. The number of hydrogen-bond donors (Lipinski definition) is 2. The van der Waals surface area contributed by atoms with E-state index in [1.807, 2.05) is 7.05 Å². The first-order chi connectivity index (χ1) is 8.58. The molecule has 0 atom stereocenters. The molecule has 0 aromatic carbocycles. The molecule has 5 heteroatoms. The Morgan fingerprint density at radius 1 is 1.33 bits per heavy atom. The van der Waals surface area contributed by atoms with Crippen molar-refractivity contribution in [2.45, 2.75) is 37.6 Å². The summed E-state index contributed by atoms with van der Waals surface area (Å²) in [6, 6.07) is 0. The van der Waals surface area contributed by atoms with Crippen LogP contribution < -0.4 is 11.1 Å². The molecule has 1 aliphatic rings. The number of nitrogens with one attached hydrogen (secondary N) is 1. The van der Waals surface area contributed by atoms with Crippen LogP contribution in [-0.2, 0) is 9.53 Å². The number of nitrogens with zero attached hydrogens (tertiary/aromatic N) is 1. The number of carbonyl (C=O) groups is 1. The highest BCUT2D eigenvalue weighted by Crippen LogP contribution is 2.25. The van der Waals surface area contributed by atoms with E-state index in [4.69, 9.17) is 10.5 Å². The van der Waals surface area contributed by atoms with Crippen molar-refractivity contribution >= 4 is 5.91 Å². The maximum absolute atomic E-state index is 12.0. The fraction of sp³-hybridized carbons (Fsp3) is 0.923. The maximum Gasteiger partial charge on any atom is 0.240 e. The van der Waals surface area contributed by atoms with Crippen LogP contribution in [0.4, 0.5) is 0 Å². The van der Waals surface area contributed by atoms with Crippen LogP contribution >= 0.6 is 0 Å². The van der Waals surface area contributed by atoms with Crippen LogP contribution in [0.15, 0.2) is 0 Å². The minimum atomic E-state index is -0.622. The molecule has 5 nitrogen and oxygen atoms in total. The molecule has 0 aromatic heterocycles. The summed E-state index contributed by atoms with van der Waals surface area (Å²) in [5.74, 6) is 0.0161. The van der Waals surface area contributed by atoms with E-state index in [9.17, 15) is 4.79 Å².